The van der Waals surface area contributed by atoms with E-state index in [-0.39, 0.29) is 34.5 Å². The summed E-state index contributed by atoms with van der Waals surface area (Å²) < 4.78 is 0. The van der Waals surface area contributed by atoms with E-state index in [2.05, 4.69) is 76.4 Å². The first-order chi connectivity index (χ1) is 15.9. The van der Waals surface area contributed by atoms with Gasteiger partial charge in [-0.25, -0.2) is 0 Å². The Hall–Kier alpha value is -1.84. The molecule has 2 aliphatic carbocycles. The Balaban J connectivity index is 1.86. The van der Waals surface area contributed by atoms with Crippen LogP contribution in [0.4, 0.5) is 11.4 Å². The van der Waals surface area contributed by atoms with Gasteiger partial charge in [0.25, 0.3) is 0 Å². The molecule has 0 aromatic heterocycles. The number of hydrogen-bond donors (Lipinski definition) is 2. The first-order valence-corrected chi connectivity index (χ1v) is 13.5. The van der Waals surface area contributed by atoms with E-state index in [1.165, 1.54) is 0 Å². The molecule has 4 heteroatoms. The molecular formula is C30H48N2O2. The molecule has 0 amide bonds. The SMILES string of the molecule is CC(=O)C1CC(C(C)C)CCC1(C)Nc1ccccc1NC1(C)CCC(C(C)C)CC1C(C)=O. The quantitative estimate of drug-likeness (QED) is 0.419. The molecule has 2 saturated carbocycles. The number of ketones is 2. The Labute approximate surface area is 208 Å². The summed E-state index contributed by atoms with van der Waals surface area (Å²) in [5, 5.41) is 7.65. The lowest BCUT2D eigenvalue weighted by Crippen LogP contribution is -2.51. The van der Waals surface area contributed by atoms with Gasteiger partial charge in [0.2, 0.25) is 0 Å². The van der Waals surface area contributed by atoms with E-state index in [9.17, 15) is 9.59 Å². The van der Waals surface area contributed by atoms with Crippen molar-refractivity contribution in [2.24, 2.45) is 35.5 Å². The van der Waals surface area contributed by atoms with Crippen molar-refractivity contribution in [3.63, 3.8) is 0 Å². The molecule has 0 spiro atoms. The first-order valence-electron chi connectivity index (χ1n) is 13.5. The number of benzene rings is 1. The van der Waals surface area contributed by atoms with Crippen LogP contribution in [0.3, 0.4) is 0 Å². The average molecular weight is 469 g/mol. The van der Waals surface area contributed by atoms with Crippen molar-refractivity contribution in [1.82, 2.24) is 0 Å². The topological polar surface area (TPSA) is 58.2 Å². The maximum absolute atomic E-state index is 12.7. The van der Waals surface area contributed by atoms with Gasteiger partial charge in [-0.2, -0.15) is 0 Å². The predicted octanol–water partition coefficient (Wildman–Crippen LogP) is 7.35. The summed E-state index contributed by atoms with van der Waals surface area (Å²) in [5.74, 6) is 2.97. The minimum absolute atomic E-state index is 0.00346. The van der Waals surface area contributed by atoms with Gasteiger partial charge in [0.05, 0.1) is 11.4 Å². The molecule has 6 unspecified atom stereocenters. The van der Waals surface area contributed by atoms with E-state index in [0.29, 0.717) is 23.7 Å². The fourth-order valence-electron chi connectivity index (χ4n) is 6.74. The highest BCUT2D eigenvalue weighted by molar-refractivity contribution is 5.83. The van der Waals surface area contributed by atoms with Gasteiger partial charge in [0.15, 0.2) is 0 Å². The molecule has 2 aliphatic rings. The monoisotopic (exact) mass is 468 g/mol. The minimum Gasteiger partial charge on any atom is -0.377 e. The van der Waals surface area contributed by atoms with Gasteiger partial charge in [0, 0.05) is 22.9 Å². The maximum Gasteiger partial charge on any atom is 0.135 e. The van der Waals surface area contributed by atoms with Crippen LogP contribution in [0.15, 0.2) is 24.3 Å². The summed E-state index contributed by atoms with van der Waals surface area (Å²) in [7, 11) is 0. The molecule has 3 rings (SSSR count). The first kappa shape index (κ1) is 26.8. The molecule has 0 radical (unpaired) electrons. The summed E-state index contributed by atoms with van der Waals surface area (Å²) in [6.45, 7) is 17.1. The van der Waals surface area contributed by atoms with Gasteiger partial charge in [-0.05, 0) is 102 Å². The summed E-state index contributed by atoms with van der Waals surface area (Å²) in [4.78, 5) is 25.5. The summed E-state index contributed by atoms with van der Waals surface area (Å²) in [5.41, 5.74) is 1.53. The summed E-state index contributed by atoms with van der Waals surface area (Å²) in [6, 6.07) is 8.34. The Morgan fingerprint density at radius 2 is 1.12 bits per heavy atom. The lowest BCUT2D eigenvalue weighted by molar-refractivity contribution is -0.125. The van der Waals surface area contributed by atoms with E-state index < -0.39 is 0 Å². The van der Waals surface area contributed by atoms with Crippen LogP contribution in [-0.2, 0) is 9.59 Å². The largest absolute Gasteiger partial charge is 0.377 e. The van der Waals surface area contributed by atoms with Crippen LogP contribution in [-0.4, -0.2) is 22.6 Å². The molecule has 1 aromatic carbocycles. The maximum atomic E-state index is 12.7. The third-order valence-electron chi connectivity index (χ3n) is 9.32. The molecule has 34 heavy (non-hydrogen) atoms. The van der Waals surface area contributed by atoms with Gasteiger partial charge in [-0.3, -0.25) is 9.59 Å². The predicted molar refractivity (Wildman–Crippen MR) is 143 cm³/mol. The van der Waals surface area contributed by atoms with Crippen molar-refractivity contribution >= 4 is 22.9 Å². The molecule has 2 N–H and O–H groups in total. The number of Topliss-reactive ketones (excluding diaryl/α,β-unsaturated/α-hetero) is 2. The van der Waals surface area contributed by atoms with Crippen LogP contribution in [0.5, 0.6) is 0 Å². The van der Waals surface area contributed by atoms with Crippen LogP contribution in [0.2, 0.25) is 0 Å². The third kappa shape index (κ3) is 5.69. The standard InChI is InChI=1S/C30H48N2O2/c1-19(2)23-13-15-29(7,25(17-23)21(5)33)31-27-11-9-10-12-28(27)32-30(8)16-14-24(20(3)4)18-26(30)22(6)34/h9-12,19-20,23-26,31-32H,13-18H2,1-8H3. The molecule has 0 aliphatic heterocycles. The van der Waals surface area contributed by atoms with Gasteiger partial charge >= 0.3 is 0 Å². The summed E-state index contributed by atoms with van der Waals surface area (Å²) in [6.07, 6.45) is 6.15. The third-order valence-corrected chi connectivity index (χ3v) is 9.32. The molecule has 0 heterocycles. The fraction of sp³-hybridized carbons (Fsp3) is 0.733. The number of hydrogen-bond acceptors (Lipinski definition) is 4. The minimum atomic E-state index is -0.273. The second-order valence-electron chi connectivity index (χ2n) is 12.5. The molecular weight excluding hydrogens is 420 g/mol. The molecule has 190 valence electrons. The second kappa shape index (κ2) is 10.4. The highest BCUT2D eigenvalue weighted by Crippen LogP contribution is 2.46. The number of carbonyl (C=O) groups excluding carboxylic acids is 2. The zero-order valence-corrected chi connectivity index (χ0v) is 22.8. The molecule has 1 aromatic rings. The highest BCUT2D eigenvalue weighted by atomic mass is 16.1. The Kier molecular flexibility index (Phi) is 8.20. The molecule has 6 atom stereocenters. The Morgan fingerprint density at radius 1 is 0.765 bits per heavy atom. The van der Waals surface area contributed by atoms with E-state index in [4.69, 9.17) is 0 Å². The number of anilines is 2. The number of para-hydroxylation sites is 2. The van der Waals surface area contributed by atoms with E-state index in [1.807, 2.05) is 0 Å². The van der Waals surface area contributed by atoms with Crippen LogP contribution >= 0.6 is 0 Å². The van der Waals surface area contributed by atoms with Gasteiger partial charge in [-0.1, -0.05) is 39.8 Å². The Bertz CT molecular complexity index is 807. The smallest absolute Gasteiger partial charge is 0.135 e. The van der Waals surface area contributed by atoms with E-state index in [1.54, 1.807) is 13.8 Å². The van der Waals surface area contributed by atoms with Crippen molar-refractivity contribution in [1.29, 1.82) is 0 Å². The summed E-state index contributed by atoms with van der Waals surface area (Å²) >= 11 is 0. The average Bonchev–Trinajstić information content (AvgIpc) is 2.74. The van der Waals surface area contributed by atoms with Crippen LogP contribution in [0, 0.1) is 35.5 Å². The van der Waals surface area contributed by atoms with Crippen molar-refractivity contribution in [2.75, 3.05) is 10.6 Å². The Morgan fingerprint density at radius 3 is 1.41 bits per heavy atom. The molecule has 4 nitrogen and oxygen atoms in total. The lowest BCUT2D eigenvalue weighted by atomic mass is 9.65. The van der Waals surface area contributed by atoms with Crippen molar-refractivity contribution in [2.45, 2.75) is 105 Å². The van der Waals surface area contributed by atoms with Crippen molar-refractivity contribution < 1.29 is 9.59 Å². The zero-order chi connectivity index (χ0) is 25.3. The highest BCUT2D eigenvalue weighted by Gasteiger charge is 2.45. The second-order valence-corrected chi connectivity index (χ2v) is 12.5. The van der Waals surface area contributed by atoms with E-state index >= 15 is 0 Å². The van der Waals surface area contributed by atoms with Crippen LogP contribution < -0.4 is 10.6 Å². The van der Waals surface area contributed by atoms with Gasteiger partial charge < -0.3 is 10.6 Å². The molecule has 2 fully saturated rings. The normalized spacial score (nSPS) is 34.2. The van der Waals surface area contributed by atoms with Gasteiger partial charge in [0.1, 0.15) is 11.6 Å². The number of rotatable bonds is 8. The molecule has 0 saturated heterocycles. The number of carbonyl (C=O) groups is 2. The lowest BCUT2D eigenvalue weighted by Gasteiger charge is -2.47. The van der Waals surface area contributed by atoms with Crippen molar-refractivity contribution in [3.05, 3.63) is 24.3 Å². The zero-order valence-electron chi connectivity index (χ0n) is 22.8. The van der Waals surface area contributed by atoms with Gasteiger partial charge in [-0.15, -0.1) is 0 Å². The van der Waals surface area contributed by atoms with Crippen LogP contribution in [0.1, 0.15) is 93.9 Å². The molecule has 0 bridgehead atoms. The van der Waals surface area contributed by atoms with Crippen LogP contribution in [0.25, 0.3) is 0 Å². The van der Waals surface area contributed by atoms with E-state index in [0.717, 1.165) is 49.9 Å². The number of nitrogens with one attached hydrogen (secondary N) is 2. The van der Waals surface area contributed by atoms with Crippen molar-refractivity contribution in [3.8, 4) is 0 Å². The fourth-order valence-corrected chi connectivity index (χ4v) is 6.74.